The number of anilines is 1. The maximum atomic E-state index is 13.0. The summed E-state index contributed by atoms with van der Waals surface area (Å²) in [5, 5.41) is 10.6. The molecule has 9 heteroatoms. The molecule has 0 radical (unpaired) electrons. The highest BCUT2D eigenvalue weighted by molar-refractivity contribution is 7.89. The third-order valence-electron chi connectivity index (χ3n) is 4.11. The highest BCUT2D eigenvalue weighted by atomic mass is 32.2. The van der Waals surface area contributed by atoms with Crippen molar-refractivity contribution in [2.75, 3.05) is 5.32 Å². The molecule has 0 bridgehead atoms. The van der Waals surface area contributed by atoms with Gasteiger partial charge < -0.3 is 15.1 Å². The maximum Gasteiger partial charge on any atom is 0.288 e. The Balaban J connectivity index is 1.86. The first-order valence-electron chi connectivity index (χ1n) is 8.59. The molecule has 1 aromatic heterocycles. The summed E-state index contributed by atoms with van der Waals surface area (Å²) >= 11 is 0. The van der Waals surface area contributed by atoms with Gasteiger partial charge >= 0.3 is 0 Å². The highest BCUT2D eigenvalue weighted by Gasteiger charge is 2.24. The molecule has 1 atom stereocenters. The molecule has 0 fully saturated rings. The molecule has 2 aromatic carbocycles. The molecule has 4 N–H and O–H groups in total. The number of aryl methyl sites for hydroxylation is 1. The van der Waals surface area contributed by atoms with E-state index in [1.54, 1.807) is 30.3 Å². The van der Waals surface area contributed by atoms with E-state index < -0.39 is 22.1 Å². The lowest BCUT2D eigenvalue weighted by Crippen LogP contribution is -2.46. The summed E-state index contributed by atoms with van der Waals surface area (Å²) < 4.78 is 27.9. The molecule has 1 heterocycles. The number of carbonyl (C=O) groups excluding carboxylic acids is 2. The molecule has 1 amide bonds. The van der Waals surface area contributed by atoms with Crippen LogP contribution < -0.4 is 15.8 Å². The number of carbonyl (C=O) groups is 2. The third kappa shape index (κ3) is 5.09. The number of amides is 1. The number of rotatable bonds is 7. The van der Waals surface area contributed by atoms with Gasteiger partial charge in [0.1, 0.15) is 0 Å². The van der Waals surface area contributed by atoms with Crippen LogP contribution in [-0.2, 0) is 10.0 Å². The van der Waals surface area contributed by atoms with Crippen LogP contribution in [0, 0.1) is 6.92 Å². The van der Waals surface area contributed by atoms with Crippen molar-refractivity contribution in [3.63, 3.8) is 0 Å². The van der Waals surface area contributed by atoms with Crippen molar-refractivity contribution in [2.24, 2.45) is 5.14 Å². The van der Waals surface area contributed by atoms with Gasteiger partial charge in [-0.15, -0.1) is 0 Å². The van der Waals surface area contributed by atoms with E-state index in [0.29, 0.717) is 11.3 Å². The van der Waals surface area contributed by atoms with Crippen molar-refractivity contribution in [3.05, 3.63) is 83.8 Å². The van der Waals surface area contributed by atoms with Crippen molar-refractivity contribution < 1.29 is 22.4 Å². The highest BCUT2D eigenvalue weighted by Crippen LogP contribution is 2.15. The van der Waals surface area contributed by atoms with Crippen molar-refractivity contribution in [1.29, 1.82) is 0 Å². The normalized spacial score (nSPS) is 12.2. The largest absolute Gasteiger partial charge is 0.459 e. The van der Waals surface area contributed by atoms with Gasteiger partial charge in [0.2, 0.25) is 15.8 Å². The molecule has 0 unspecified atom stereocenters. The smallest absolute Gasteiger partial charge is 0.288 e. The summed E-state index contributed by atoms with van der Waals surface area (Å²) in [5.74, 6) is -0.896. The molecule has 0 aliphatic heterocycles. The Hall–Kier alpha value is -3.43. The first-order chi connectivity index (χ1) is 13.7. The van der Waals surface area contributed by atoms with E-state index in [2.05, 4.69) is 10.6 Å². The zero-order chi connectivity index (χ0) is 21.0. The molecule has 8 nitrogen and oxygen atoms in total. The lowest BCUT2D eigenvalue weighted by Gasteiger charge is -2.20. The van der Waals surface area contributed by atoms with E-state index in [9.17, 15) is 18.0 Å². The second-order valence-corrected chi connectivity index (χ2v) is 7.89. The average Bonchev–Trinajstić information content (AvgIpc) is 3.22. The Morgan fingerprint density at radius 3 is 2.21 bits per heavy atom. The van der Waals surface area contributed by atoms with E-state index in [1.807, 2.05) is 6.92 Å². The fourth-order valence-corrected chi connectivity index (χ4v) is 3.08. The Bertz CT molecular complexity index is 1110. The Morgan fingerprint density at radius 1 is 1.00 bits per heavy atom. The van der Waals surface area contributed by atoms with Gasteiger partial charge in [-0.3, -0.25) is 9.59 Å². The summed E-state index contributed by atoms with van der Waals surface area (Å²) in [7, 11) is -3.84. The van der Waals surface area contributed by atoms with Crippen molar-refractivity contribution >= 4 is 27.4 Å². The standard InChI is InChI=1S/C20H19N3O5S/c1-13-4-6-14(7-5-13)18(24)19(23-20(25)17-3-2-12-28-17)22-15-8-10-16(11-9-15)29(21,26)27/h2-12,19,22H,1H3,(H,23,25)(H2,21,26,27)/t19-/m1/s1. The van der Waals surface area contributed by atoms with Crippen molar-refractivity contribution in [1.82, 2.24) is 5.32 Å². The van der Waals surface area contributed by atoms with Crippen LogP contribution in [-0.4, -0.2) is 26.3 Å². The van der Waals surface area contributed by atoms with Crippen LogP contribution in [0.3, 0.4) is 0 Å². The number of benzene rings is 2. The molecule has 0 aliphatic carbocycles. The minimum atomic E-state index is -3.84. The van der Waals surface area contributed by atoms with E-state index in [0.717, 1.165) is 5.56 Å². The van der Waals surface area contributed by atoms with Crippen LogP contribution >= 0.6 is 0 Å². The Kier molecular flexibility index (Phi) is 5.81. The molecule has 29 heavy (non-hydrogen) atoms. The van der Waals surface area contributed by atoms with Gasteiger partial charge in [0, 0.05) is 11.3 Å². The molecule has 150 valence electrons. The minimum Gasteiger partial charge on any atom is -0.459 e. The first-order valence-corrected chi connectivity index (χ1v) is 10.1. The van der Waals surface area contributed by atoms with Crippen LogP contribution in [0.25, 0.3) is 0 Å². The van der Waals surface area contributed by atoms with Crippen LogP contribution in [0.4, 0.5) is 5.69 Å². The van der Waals surface area contributed by atoms with Crippen LogP contribution in [0.5, 0.6) is 0 Å². The number of nitrogens with two attached hydrogens (primary N) is 1. The molecular weight excluding hydrogens is 394 g/mol. The second-order valence-electron chi connectivity index (χ2n) is 6.33. The quantitative estimate of drug-likeness (QED) is 0.402. The zero-order valence-electron chi connectivity index (χ0n) is 15.5. The number of hydrogen-bond acceptors (Lipinski definition) is 6. The van der Waals surface area contributed by atoms with E-state index in [4.69, 9.17) is 9.56 Å². The average molecular weight is 413 g/mol. The van der Waals surface area contributed by atoms with Gasteiger partial charge in [0.15, 0.2) is 11.9 Å². The number of Topliss-reactive ketones (excluding diaryl/α,β-unsaturated/α-hetero) is 1. The molecular formula is C20H19N3O5S. The van der Waals surface area contributed by atoms with E-state index in [1.165, 1.54) is 36.6 Å². The summed E-state index contributed by atoms with van der Waals surface area (Å²) in [6.45, 7) is 1.90. The molecule has 0 saturated heterocycles. The number of nitrogens with one attached hydrogen (secondary N) is 2. The van der Waals surface area contributed by atoms with Crippen LogP contribution in [0.1, 0.15) is 26.5 Å². The van der Waals surface area contributed by atoms with Gasteiger partial charge in [-0.1, -0.05) is 29.8 Å². The summed E-state index contributed by atoms with van der Waals surface area (Å²) in [6, 6.07) is 15.5. The zero-order valence-corrected chi connectivity index (χ0v) is 16.3. The van der Waals surface area contributed by atoms with E-state index in [-0.39, 0.29) is 16.4 Å². The Morgan fingerprint density at radius 2 is 1.66 bits per heavy atom. The van der Waals surface area contributed by atoms with Crippen molar-refractivity contribution in [2.45, 2.75) is 18.0 Å². The van der Waals surface area contributed by atoms with E-state index >= 15 is 0 Å². The van der Waals surface area contributed by atoms with Gasteiger partial charge in [-0.05, 0) is 43.3 Å². The number of hydrogen-bond donors (Lipinski definition) is 3. The van der Waals surface area contributed by atoms with Gasteiger partial charge in [-0.25, -0.2) is 13.6 Å². The fourth-order valence-electron chi connectivity index (χ4n) is 2.57. The summed E-state index contributed by atoms with van der Waals surface area (Å²) in [5.41, 5.74) is 1.81. The fraction of sp³-hybridized carbons (Fsp3) is 0.100. The SMILES string of the molecule is Cc1ccc(C(=O)[C@@H](NC(=O)c2ccco2)Nc2ccc(S(N)(=O)=O)cc2)cc1. The summed E-state index contributed by atoms with van der Waals surface area (Å²) in [6.07, 6.45) is 0.237. The lowest BCUT2D eigenvalue weighted by atomic mass is 10.1. The topological polar surface area (TPSA) is 132 Å². The molecule has 0 aliphatic rings. The number of ketones is 1. The van der Waals surface area contributed by atoms with Gasteiger partial charge in [-0.2, -0.15) is 0 Å². The lowest BCUT2D eigenvalue weighted by molar-refractivity contribution is 0.0853. The molecule has 0 spiro atoms. The number of primary sulfonamides is 1. The Labute approximate surface area is 167 Å². The van der Waals surface area contributed by atoms with Crippen LogP contribution in [0.15, 0.2) is 76.2 Å². The van der Waals surface area contributed by atoms with Gasteiger partial charge in [0.25, 0.3) is 5.91 Å². The monoisotopic (exact) mass is 413 g/mol. The second kappa shape index (κ2) is 8.29. The van der Waals surface area contributed by atoms with Gasteiger partial charge in [0.05, 0.1) is 11.2 Å². The first kappa shape index (κ1) is 20.3. The number of sulfonamides is 1. The maximum absolute atomic E-state index is 13.0. The molecule has 0 saturated carbocycles. The predicted octanol–water partition coefficient (Wildman–Crippen LogP) is 2.29. The predicted molar refractivity (Wildman–Crippen MR) is 107 cm³/mol. The van der Waals surface area contributed by atoms with Crippen LogP contribution in [0.2, 0.25) is 0 Å². The molecule has 3 aromatic rings. The number of furan rings is 1. The summed E-state index contributed by atoms with van der Waals surface area (Å²) in [4.78, 5) is 25.3. The van der Waals surface area contributed by atoms with Crippen molar-refractivity contribution in [3.8, 4) is 0 Å². The third-order valence-corrected chi connectivity index (χ3v) is 5.04. The minimum absolute atomic E-state index is 0.0538. The molecule has 3 rings (SSSR count).